The minimum Gasteiger partial charge on any atom is -0.478 e. The highest BCUT2D eigenvalue weighted by Gasteiger charge is 2.40. The molecule has 1 aliphatic carbocycles. The van der Waals surface area contributed by atoms with Crippen LogP contribution in [0.25, 0.3) is 22.4 Å². The average Bonchev–Trinajstić information content (AvgIpc) is 3.16. The van der Waals surface area contributed by atoms with E-state index < -0.39 is 17.4 Å². The first kappa shape index (κ1) is 18.7. The highest BCUT2D eigenvalue weighted by Crippen LogP contribution is 2.43. The van der Waals surface area contributed by atoms with Crippen molar-refractivity contribution in [3.05, 3.63) is 52.7 Å². The standard InChI is InChI=1S/C20H19ClFN3O3/c1-10-12(9-24-25(10)11-6-20(2,28)7-11)18-17(19(26)27)13(8-23-18)16-14(21)4-3-5-15(16)22/h3-5,8-9,11,23,28H,6-7H2,1-2H3,(H,26,27). The number of nitrogens with one attached hydrogen (secondary N) is 1. The highest BCUT2D eigenvalue weighted by atomic mass is 35.5. The third-order valence-corrected chi connectivity index (χ3v) is 5.65. The fourth-order valence-corrected chi connectivity index (χ4v) is 4.24. The third kappa shape index (κ3) is 2.91. The van der Waals surface area contributed by atoms with Gasteiger partial charge in [0.2, 0.25) is 0 Å². The molecule has 2 heterocycles. The fraction of sp³-hybridized carbons (Fsp3) is 0.300. The summed E-state index contributed by atoms with van der Waals surface area (Å²) in [5.74, 6) is -1.78. The molecule has 0 radical (unpaired) electrons. The molecule has 2 aromatic heterocycles. The molecular weight excluding hydrogens is 385 g/mol. The van der Waals surface area contributed by atoms with Crippen molar-refractivity contribution in [2.75, 3.05) is 0 Å². The fourth-order valence-electron chi connectivity index (χ4n) is 3.98. The SMILES string of the molecule is Cc1c(-c2[nH]cc(-c3c(F)cccc3Cl)c2C(=O)O)cnn1C1CC(C)(O)C1. The lowest BCUT2D eigenvalue weighted by molar-refractivity contribution is -0.0548. The molecule has 0 saturated heterocycles. The van der Waals surface area contributed by atoms with E-state index in [1.165, 1.54) is 24.4 Å². The summed E-state index contributed by atoms with van der Waals surface area (Å²) >= 11 is 6.14. The van der Waals surface area contributed by atoms with E-state index in [0.29, 0.717) is 24.1 Å². The number of halogens is 2. The number of aliphatic hydroxyl groups is 1. The molecule has 28 heavy (non-hydrogen) atoms. The second-order valence-electron chi connectivity index (χ2n) is 7.50. The smallest absolute Gasteiger partial charge is 0.338 e. The third-order valence-electron chi connectivity index (χ3n) is 5.34. The predicted molar refractivity (Wildman–Crippen MR) is 103 cm³/mol. The Hall–Kier alpha value is -2.64. The lowest BCUT2D eigenvalue weighted by Gasteiger charge is -2.41. The van der Waals surface area contributed by atoms with Crippen LogP contribution in [-0.2, 0) is 0 Å². The number of aromatic amines is 1. The van der Waals surface area contributed by atoms with Crippen molar-refractivity contribution < 1.29 is 19.4 Å². The molecule has 1 saturated carbocycles. The second-order valence-corrected chi connectivity index (χ2v) is 7.91. The molecule has 3 N–H and O–H groups in total. The summed E-state index contributed by atoms with van der Waals surface area (Å²) in [5.41, 5.74) is 1.20. The molecule has 0 atom stereocenters. The van der Waals surface area contributed by atoms with Crippen LogP contribution in [0.5, 0.6) is 0 Å². The number of carboxylic acids is 1. The molecular formula is C20H19ClFN3O3. The van der Waals surface area contributed by atoms with Gasteiger partial charge in [0.05, 0.1) is 34.1 Å². The quantitative estimate of drug-likeness (QED) is 0.601. The van der Waals surface area contributed by atoms with Gasteiger partial charge in [0, 0.05) is 28.6 Å². The summed E-state index contributed by atoms with van der Waals surface area (Å²) in [6.45, 7) is 3.62. The van der Waals surface area contributed by atoms with Gasteiger partial charge in [-0.05, 0) is 38.8 Å². The van der Waals surface area contributed by atoms with E-state index in [1.54, 1.807) is 17.8 Å². The van der Waals surface area contributed by atoms with Crippen molar-refractivity contribution in [2.24, 2.45) is 0 Å². The topological polar surface area (TPSA) is 91.1 Å². The summed E-state index contributed by atoms with van der Waals surface area (Å²) in [4.78, 5) is 15.0. The van der Waals surface area contributed by atoms with Crippen LogP contribution in [0.4, 0.5) is 4.39 Å². The molecule has 0 amide bonds. The molecule has 4 rings (SSSR count). The number of rotatable bonds is 4. The van der Waals surface area contributed by atoms with Gasteiger partial charge in [-0.2, -0.15) is 5.10 Å². The number of benzene rings is 1. The van der Waals surface area contributed by atoms with Crippen molar-refractivity contribution in [1.29, 1.82) is 0 Å². The van der Waals surface area contributed by atoms with E-state index in [1.807, 2.05) is 6.92 Å². The van der Waals surface area contributed by atoms with Gasteiger partial charge in [-0.1, -0.05) is 17.7 Å². The maximum atomic E-state index is 14.4. The molecule has 0 unspecified atom stereocenters. The van der Waals surface area contributed by atoms with E-state index in [4.69, 9.17) is 11.6 Å². The van der Waals surface area contributed by atoms with Gasteiger partial charge in [0.1, 0.15) is 5.82 Å². The molecule has 3 aromatic rings. The second kappa shape index (κ2) is 6.46. The number of nitrogens with zero attached hydrogens (tertiary/aromatic N) is 2. The maximum Gasteiger partial charge on any atom is 0.338 e. The van der Waals surface area contributed by atoms with Crippen molar-refractivity contribution >= 4 is 17.6 Å². The molecule has 0 bridgehead atoms. The molecule has 8 heteroatoms. The number of carboxylic acid groups (broad SMARTS) is 1. The van der Waals surface area contributed by atoms with Crippen LogP contribution in [0.15, 0.2) is 30.6 Å². The Morgan fingerprint density at radius 2 is 2.11 bits per heavy atom. The van der Waals surface area contributed by atoms with Crippen LogP contribution in [0.2, 0.25) is 5.02 Å². The van der Waals surface area contributed by atoms with Crippen LogP contribution in [0.1, 0.15) is 41.9 Å². The molecule has 146 valence electrons. The van der Waals surface area contributed by atoms with Gasteiger partial charge < -0.3 is 15.2 Å². The Bertz CT molecular complexity index is 1060. The molecule has 1 fully saturated rings. The van der Waals surface area contributed by atoms with Crippen LogP contribution in [-0.4, -0.2) is 36.5 Å². The van der Waals surface area contributed by atoms with Gasteiger partial charge in [-0.3, -0.25) is 4.68 Å². The lowest BCUT2D eigenvalue weighted by Crippen LogP contribution is -2.42. The number of H-pyrrole nitrogens is 1. The summed E-state index contributed by atoms with van der Waals surface area (Å²) in [7, 11) is 0. The van der Waals surface area contributed by atoms with E-state index >= 15 is 0 Å². The van der Waals surface area contributed by atoms with Crippen molar-refractivity contribution in [3.8, 4) is 22.4 Å². The van der Waals surface area contributed by atoms with E-state index in [0.717, 1.165) is 5.69 Å². The zero-order valence-corrected chi connectivity index (χ0v) is 16.1. The van der Waals surface area contributed by atoms with Gasteiger partial charge in [-0.15, -0.1) is 0 Å². The number of carbonyl (C=O) groups is 1. The van der Waals surface area contributed by atoms with Crippen LogP contribution in [0, 0.1) is 12.7 Å². The van der Waals surface area contributed by atoms with Gasteiger partial charge >= 0.3 is 5.97 Å². The first-order chi connectivity index (χ1) is 13.2. The average molecular weight is 404 g/mol. The van der Waals surface area contributed by atoms with Crippen molar-refractivity contribution in [3.63, 3.8) is 0 Å². The molecule has 1 aromatic carbocycles. The number of aromatic nitrogens is 3. The van der Waals surface area contributed by atoms with Gasteiger partial charge in [0.15, 0.2) is 0 Å². The Morgan fingerprint density at radius 3 is 2.71 bits per heavy atom. The number of hydrogen-bond donors (Lipinski definition) is 3. The van der Waals surface area contributed by atoms with Gasteiger partial charge in [-0.25, -0.2) is 9.18 Å². The Morgan fingerprint density at radius 1 is 1.39 bits per heavy atom. The summed E-state index contributed by atoms with van der Waals surface area (Å²) in [5, 5.41) is 24.3. The minimum atomic E-state index is -1.19. The predicted octanol–water partition coefficient (Wildman–Crippen LogP) is 4.43. The first-order valence-corrected chi connectivity index (χ1v) is 9.23. The summed E-state index contributed by atoms with van der Waals surface area (Å²) < 4.78 is 16.2. The number of hydrogen-bond acceptors (Lipinski definition) is 3. The summed E-state index contributed by atoms with van der Waals surface area (Å²) in [6, 6.07) is 4.29. The Balaban J connectivity index is 1.82. The van der Waals surface area contributed by atoms with Crippen molar-refractivity contribution in [2.45, 2.75) is 38.3 Å². The lowest BCUT2D eigenvalue weighted by atomic mass is 9.77. The normalized spacial score (nSPS) is 21.5. The van der Waals surface area contributed by atoms with Gasteiger partial charge in [0.25, 0.3) is 0 Å². The zero-order valence-electron chi connectivity index (χ0n) is 15.3. The van der Waals surface area contributed by atoms with Crippen molar-refractivity contribution in [1.82, 2.24) is 14.8 Å². The van der Waals surface area contributed by atoms with E-state index in [9.17, 15) is 19.4 Å². The monoisotopic (exact) mass is 403 g/mol. The molecule has 6 nitrogen and oxygen atoms in total. The van der Waals surface area contributed by atoms with Crippen LogP contribution < -0.4 is 0 Å². The van der Waals surface area contributed by atoms with E-state index in [-0.39, 0.29) is 27.8 Å². The Labute approximate surface area is 165 Å². The molecule has 0 spiro atoms. The number of aromatic carboxylic acids is 1. The maximum absolute atomic E-state index is 14.4. The largest absolute Gasteiger partial charge is 0.478 e. The molecule has 0 aliphatic heterocycles. The van der Waals surface area contributed by atoms with Crippen LogP contribution in [0.3, 0.4) is 0 Å². The zero-order chi connectivity index (χ0) is 20.2. The Kier molecular flexibility index (Phi) is 4.32. The minimum absolute atomic E-state index is 0.0455. The summed E-state index contributed by atoms with van der Waals surface area (Å²) in [6.07, 6.45) is 4.21. The van der Waals surface area contributed by atoms with Crippen LogP contribution >= 0.6 is 11.6 Å². The highest BCUT2D eigenvalue weighted by molar-refractivity contribution is 6.33. The van der Waals surface area contributed by atoms with E-state index in [2.05, 4.69) is 10.1 Å². The molecule has 1 aliphatic rings. The first-order valence-electron chi connectivity index (χ1n) is 8.85.